The molecule has 0 aromatic carbocycles. The van der Waals surface area contributed by atoms with E-state index in [-0.39, 0.29) is 36.4 Å². The number of nitrogens with one attached hydrogen (secondary N) is 1. The highest BCUT2D eigenvalue weighted by atomic mass is 16.5. The number of carbonyl (C=O) groups excluding carboxylic acids is 3. The van der Waals surface area contributed by atoms with Gasteiger partial charge in [0, 0.05) is 38.1 Å². The first kappa shape index (κ1) is 18.3. The number of rotatable bonds is 5. The van der Waals surface area contributed by atoms with Crippen LogP contribution in [0.2, 0.25) is 0 Å². The summed E-state index contributed by atoms with van der Waals surface area (Å²) in [4.78, 5) is 39.7. The number of carbonyl (C=O) groups is 3. The Labute approximate surface area is 143 Å². The third-order valence-electron chi connectivity index (χ3n) is 4.59. The lowest BCUT2D eigenvalue weighted by Crippen LogP contribution is -2.48. The summed E-state index contributed by atoms with van der Waals surface area (Å²) in [5.74, 6) is -0.119. The Kier molecular flexibility index (Phi) is 6.23. The normalized spacial score (nSPS) is 22.0. The molecule has 24 heavy (non-hydrogen) atoms. The predicted octanol–water partition coefficient (Wildman–Crippen LogP) is 1.15. The molecule has 134 valence electrons. The molecular formula is C17H27N3O4. The minimum atomic E-state index is -0.450. The molecule has 3 amide bonds. The SMILES string of the molecule is C=CCOC(=O)NC1CCN(C(=O)C2CC(=O)N(C(C)C)C2)CC1. The van der Waals surface area contributed by atoms with Gasteiger partial charge >= 0.3 is 6.09 Å². The van der Waals surface area contributed by atoms with Gasteiger partial charge in [0.15, 0.2) is 0 Å². The van der Waals surface area contributed by atoms with Gasteiger partial charge < -0.3 is 19.9 Å². The zero-order valence-corrected chi connectivity index (χ0v) is 14.5. The topological polar surface area (TPSA) is 79.0 Å². The van der Waals surface area contributed by atoms with E-state index < -0.39 is 6.09 Å². The van der Waals surface area contributed by atoms with Crippen LogP contribution in [0.15, 0.2) is 12.7 Å². The van der Waals surface area contributed by atoms with Crippen LogP contribution in [0.25, 0.3) is 0 Å². The van der Waals surface area contributed by atoms with E-state index in [9.17, 15) is 14.4 Å². The lowest BCUT2D eigenvalue weighted by atomic mass is 10.0. The summed E-state index contributed by atoms with van der Waals surface area (Å²) >= 11 is 0. The first-order chi connectivity index (χ1) is 11.4. The average molecular weight is 337 g/mol. The lowest BCUT2D eigenvalue weighted by molar-refractivity contribution is -0.136. The molecule has 0 aromatic rings. The van der Waals surface area contributed by atoms with Gasteiger partial charge in [-0.2, -0.15) is 0 Å². The number of amides is 3. The van der Waals surface area contributed by atoms with Gasteiger partial charge in [0.1, 0.15) is 6.61 Å². The van der Waals surface area contributed by atoms with Gasteiger partial charge in [-0.15, -0.1) is 0 Å². The van der Waals surface area contributed by atoms with E-state index >= 15 is 0 Å². The molecule has 0 aliphatic carbocycles. The minimum Gasteiger partial charge on any atom is -0.445 e. The van der Waals surface area contributed by atoms with Crippen LogP contribution < -0.4 is 5.32 Å². The molecule has 1 unspecified atom stereocenters. The molecule has 0 radical (unpaired) electrons. The Morgan fingerprint density at radius 1 is 1.38 bits per heavy atom. The van der Waals surface area contributed by atoms with Crippen molar-refractivity contribution in [1.82, 2.24) is 15.1 Å². The zero-order chi connectivity index (χ0) is 17.7. The number of hydrogen-bond acceptors (Lipinski definition) is 4. The maximum atomic E-state index is 12.6. The van der Waals surface area contributed by atoms with Crippen molar-refractivity contribution in [2.75, 3.05) is 26.2 Å². The molecule has 2 aliphatic rings. The number of hydrogen-bond donors (Lipinski definition) is 1. The Morgan fingerprint density at radius 3 is 2.58 bits per heavy atom. The Bertz CT molecular complexity index is 498. The highest BCUT2D eigenvalue weighted by molar-refractivity contribution is 5.89. The summed E-state index contributed by atoms with van der Waals surface area (Å²) in [5, 5.41) is 2.80. The van der Waals surface area contributed by atoms with Gasteiger partial charge in [-0.3, -0.25) is 9.59 Å². The highest BCUT2D eigenvalue weighted by Crippen LogP contribution is 2.23. The lowest BCUT2D eigenvalue weighted by Gasteiger charge is -2.33. The van der Waals surface area contributed by atoms with Gasteiger partial charge in [0.05, 0.1) is 5.92 Å². The average Bonchev–Trinajstić information content (AvgIpc) is 2.95. The van der Waals surface area contributed by atoms with Crippen molar-refractivity contribution in [3.8, 4) is 0 Å². The molecule has 2 fully saturated rings. The quantitative estimate of drug-likeness (QED) is 0.763. The molecule has 2 rings (SSSR count). The largest absolute Gasteiger partial charge is 0.445 e. The van der Waals surface area contributed by atoms with E-state index in [1.807, 2.05) is 18.7 Å². The number of likely N-dealkylation sites (tertiary alicyclic amines) is 2. The second kappa shape index (κ2) is 8.17. The molecule has 0 saturated carbocycles. The number of alkyl carbamates (subject to hydrolysis) is 1. The molecule has 1 N–H and O–H groups in total. The van der Waals surface area contributed by atoms with Gasteiger partial charge in [-0.25, -0.2) is 4.79 Å². The van der Waals surface area contributed by atoms with Crippen LogP contribution in [0.1, 0.15) is 33.1 Å². The van der Waals surface area contributed by atoms with E-state index in [0.29, 0.717) is 38.9 Å². The number of nitrogens with zero attached hydrogens (tertiary/aromatic N) is 2. The van der Waals surface area contributed by atoms with Crippen LogP contribution in [0.4, 0.5) is 4.79 Å². The Hall–Kier alpha value is -2.05. The summed E-state index contributed by atoms with van der Waals surface area (Å²) in [6, 6.07) is 0.149. The van der Waals surface area contributed by atoms with Crippen molar-refractivity contribution < 1.29 is 19.1 Å². The fourth-order valence-corrected chi connectivity index (χ4v) is 3.24. The molecule has 1 atom stereocenters. The minimum absolute atomic E-state index is 0.0173. The van der Waals surface area contributed by atoms with E-state index in [4.69, 9.17) is 4.74 Å². The van der Waals surface area contributed by atoms with Gasteiger partial charge in [0.2, 0.25) is 11.8 Å². The monoisotopic (exact) mass is 337 g/mol. The van der Waals surface area contributed by atoms with Crippen molar-refractivity contribution in [1.29, 1.82) is 0 Å². The number of piperidine rings is 1. The molecule has 0 bridgehead atoms. The molecule has 2 heterocycles. The third-order valence-corrected chi connectivity index (χ3v) is 4.59. The van der Waals surface area contributed by atoms with Crippen LogP contribution in [-0.4, -0.2) is 66.0 Å². The predicted molar refractivity (Wildman–Crippen MR) is 89.2 cm³/mol. The summed E-state index contributed by atoms with van der Waals surface area (Å²) in [6.07, 6.45) is 2.77. The highest BCUT2D eigenvalue weighted by Gasteiger charge is 2.38. The molecule has 7 nitrogen and oxygen atoms in total. The standard InChI is InChI=1S/C17H27N3O4/c1-4-9-24-17(23)18-14-5-7-19(8-6-14)16(22)13-10-15(21)20(11-13)12(2)3/h4,12-14H,1,5-11H2,2-3H3,(H,18,23). The summed E-state index contributed by atoms with van der Waals surface area (Å²) in [7, 11) is 0. The van der Waals surface area contributed by atoms with Crippen LogP contribution in [0.5, 0.6) is 0 Å². The van der Waals surface area contributed by atoms with Crippen LogP contribution in [-0.2, 0) is 14.3 Å². The van der Waals surface area contributed by atoms with Crippen LogP contribution in [0.3, 0.4) is 0 Å². The van der Waals surface area contributed by atoms with E-state index in [0.717, 1.165) is 0 Å². The fraction of sp³-hybridized carbons (Fsp3) is 0.706. The van der Waals surface area contributed by atoms with Gasteiger partial charge in [-0.1, -0.05) is 12.7 Å². The van der Waals surface area contributed by atoms with Gasteiger partial charge in [0.25, 0.3) is 0 Å². The van der Waals surface area contributed by atoms with E-state index in [2.05, 4.69) is 11.9 Å². The summed E-state index contributed by atoms with van der Waals surface area (Å²) in [5.41, 5.74) is 0. The maximum absolute atomic E-state index is 12.6. The van der Waals surface area contributed by atoms with Crippen molar-refractivity contribution in [3.05, 3.63) is 12.7 Å². The molecular weight excluding hydrogens is 310 g/mol. The Balaban J connectivity index is 1.78. The third kappa shape index (κ3) is 4.49. The second-order valence-electron chi connectivity index (χ2n) is 6.67. The van der Waals surface area contributed by atoms with Crippen LogP contribution in [0, 0.1) is 5.92 Å². The summed E-state index contributed by atoms with van der Waals surface area (Å²) in [6.45, 7) is 9.31. The van der Waals surface area contributed by atoms with Crippen molar-refractivity contribution in [2.45, 2.75) is 45.2 Å². The van der Waals surface area contributed by atoms with Crippen molar-refractivity contribution >= 4 is 17.9 Å². The smallest absolute Gasteiger partial charge is 0.407 e. The van der Waals surface area contributed by atoms with Gasteiger partial charge in [-0.05, 0) is 26.7 Å². The van der Waals surface area contributed by atoms with E-state index in [1.165, 1.54) is 6.08 Å². The zero-order valence-electron chi connectivity index (χ0n) is 14.5. The molecule has 7 heteroatoms. The van der Waals surface area contributed by atoms with Crippen LogP contribution >= 0.6 is 0 Å². The molecule has 2 aliphatic heterocycles. The Morgan fingerprint density at radius 2 is 2.04 bits per heavy atom. The molecule has 0 aromatic heterocycles. The maximum Gasteiger partial charge on any atom is 0.407 e. The second-order valence-corrected chi connectivity index (χ2v) is 6.67. The first-order valence-electron chi connectivity index (χ1n) is 8.54. The van der Waals surface area contributed by atoms with Crippen molar-refractivity contribution in [3.63, 3.8) is 0 Å². The summed E-state index contributed by atoms with van der Waals surface area (Å²) < 4.78 is 4.90. The molecule has 0 spiro atoms. The molecule has 2 saturated heterocycles. The van der Waals surface area contributed by atoms with Crippen molar-refractivity contribution in [2.24, 2.45) is 5.92 Å². The first-order valence-corrected chi connectivity index (χ1v) is 8.54. The fourth-order valence-electron chi connectivity index (χ4n) is 3.24. The van der Waals surface area contributed by atoms with E-state index in [1.54, 1.807) is 4.90 Å². The number of ether oxygens (including phenoxy) is 1.